The predicted molar refractivity (Wildman–Crippen MR) is 66.3 cm³/mol. The molecule has 2 rings (SSSR count). The van der Waals surface area contributed by atoms with Crippen LogP contribution in [0.25, 0.3) is 0 Å². The van der Waals surface area contributed by atoms with E-state index < -0.39 is 0 Å². The highest BCUT2D eigenvalue weighted by Crippen LogP contribution is 2.07. The molecule has 0 radical (unpaired) electrons. The first-order valence-corrected chi connectivity index (χ1v) is 5.35. The molecule has 0 aromatic carbocycles. The molecule has 2 N–H and O–H groups in total. The van der Waals surface area contributed by atoms with E-state index in [1.807, 2.05) is 19.2 Å². The second-order valence-corrected chi connectivity index (χ2v) is 4.07. The van der Waals surface area contributed by atoms with Crippen LogP contribution in [-0.2, 0) is 0 Å². The van der Waals surface area contributed by atoms with Crippen LogP contribution < -0.4 is 5.32 Å². The molecule has 0 saturated carbocycles. The Kier molecular flexibility index (Phi) is 4.99. The van der Waals surface area contributed by atoms with Crippen LogP contribution in [0.1, 0.15) is 16.9 Å². The highest BCUT2D eigenvalue weighted by molar-refractivity contribution is 5.95. The van der Waals surface area contributed by atoms with Gasteiger partial charge in [0.05, 0.1) is 12.2 Å². The summed E-state index contributed by atoms with van der Waals surface area (Å²) in [7, 11) is 2.01. The van der Waals surface area contributed by atoms with Gasteiger partial charge in [-0.15, -0.1) is 12.4 Å². The Hall–Kier alpha value is -0.840. The Morgan fingerprint density at radius 3 is 3.00 bits per heavy atom. The van der Waals surface area contributed by atoms with Gasteiger partial charge in [-0.05, 0) is 32.1 Å². The summed E-state index contributed by atoms with van der Waals surface area (Å²) in [4.78, 5) is 16.8. The lowest BCUT2D eigenvalue weighted by Gasteiger charge is -2.22. The van der Waals surface area contributed by atoms with Crippen molar-refractivity contribution in [3.05, 3.63) is 24.0 Å². The van der Waals surface area contributed by atoms with Crippen LogP contribution in [-0.4, -0.2) is 48.4 Å². The summed E-state index contributed by atoms with van der Waals surface area (Å²) < 4.78 is 0. The van der Waals surface area contributed by atoms with Gasteiger partial charge in [0, 0.05) is 18.8 Å². The topological polar surface area (TPSA) is 48.1 Å². The summed E-state index contributed by atoms with van der Waals surface area (Å²) in [6.45, 7) is 2.55. The van der Waals surface area contributed by atoms with E-state index >= 15 is 0 Å². The van der Waals surface area contributed by atoms with Gasteiger partial charge in [0.2, 0.25) is 0 Å². The molecule has 4 nitrogen and oxygen atoms in total. The average molecular weight is 244 g/mol. The lowest BCUT2D eigenvalue weighted by molar-refractivity contribution is 0.0920. The van der Waals surface area contributed by atoms with Gasteiger partial charge < -0.3 is 10.3 Å². The molecular formula is C11H18ClN3O. The quantitative estimate of drug-likeness (QED) is 0.773. The maximum absolute atomic E-state index is 11.8. The zero-order chi connectivity index (χ0) is 10.7. The van der Waals surface area contributed by atoms with Crippen molar-refractivity contribution in [3.8, 4) is 0 Å². The minimum absolute atomic E-state index is 0. The fourth-order valence-corrected chi connectivity index (χ4v) is 1.96. The van der Waals surface area contributed by atoms with Crippen LogP contribution in [0.5, 0.6) is 0 Å². The number of hydrogen-bond acceptors (Lipinski definition) is 3. The van der Waals surface area contributed by atoms with Gasteiger partial charge >= 0.3 is 0 Å². The van der Waals surface area contributed by atoms with E-state index in [2.05, 4.69) is 15.2 Å². The van der Waals surface area contributed by atoms with Crippen molar-refractivity contribution >= 4 is 18.2 Å². The summed E-state index contributed by atoms with van der Waals surface area (Å²) >= 11 is 0. The molecule has 1 atom stereocenters. The number of H-pyrrole nitrogens is 1. The molecule has 1 aromatic rings. The third-order valence-electron chi connectivity index (χ3n) is 2.95. The summed E-state index contributed by atoms with van der Waals surface area (Å²) in [5.41, 5.74) is 0.702. The van der Waals surface area contributed by atoms with Crippen LogP contribution in [0, 0.1) is 0 Å². The molecule has 16 heavy (non-hydrogen) atoms. The molecule has 5 heteroatoms. The van der Waals surface area contributed by atoms with E-state index in [0.717, 1.165) is 19.5 Å². The first kappa shape index (κ1) is 13.2. The van der Waals surface area contributed by atoms with E-state index in [1.165, 1.54) is 0 Å². The number of rotatable bonds is 4. The lowest BCUT2D eigenvalue weighted by atomic mass is 10.2. The van der Waals surface area contributed by atoms with Crippen LogP contribution in [0.3, 0.4) is 0 Å². The van der Waals surface area contributed by atoms with Gasteiger partial charge in [-0.25, -0.2) is 0 Å². The molecule has 1 aliphatic rings. The van der Waals surface area contributed by atoms with Gasteiger partial charge in [-0.1, -0.05) is 0 Å². The number of halogens is 1. The maximum Gasteiger partial charge on any atom is 0.192 e. The molecule has 1 saturated heterocycles. The van der Waals surface area contributed by atoms with Gasteiger partial charge in [0.25, 0.3) is 0 Å². The van der Waals surface area contributed by atoms with E-state index in [4.69, 9.17) is 0 Å². The molecule has 0 spiro atoms. The van der Waals surface area contributed by atoms with Gasteiger partial charge in [0.15, 0.2) is 5.78 Å². The molecule has 0 amide bonds. The highest BCUT2D eigenvalue weighted by atomic mass is 35.5. The number of Topliss-reactive ketones (excluding diaryl/α,β-unsaturated/α-hetero) is 1. The van der Waals surface area contributed by atoms with Gasteiger partial charge in [0.1, 0.15) is 0 Å². The van der Waals surface area contributed by atoms with Crippen LogP contribution in [0.4, 0.5) is 0 Å². The van der Waals surface area contributed by atoms with Crippen molar-refractivity contribution in [2.75, 3.05) is 26.7 Å². The molecule has 1 aliphatic heterocycles. The average Bonchev–Trinajstić information content (AvgIpc) is 2.91. The normalized spacial score (nSPS) is 19.8. The predicted octanol–water partition coefficient (Wildman–Crippen LogP) is 0.913. The van der Waals surface area contributed by atoms with E-state index in [-0.39, 0.29) is 18.2 Å². The number of aromatic amines is 1. The van der Waals surface area contributed by atoms with E-state index in [0.29, 0.717) is 18.3 Å². The first-order valence-electron chi connectivity index (χ1n) is 5.35. The lowest BCUT2D eigenvalue weighted by Crippen LogP contribution is -2.37. The fourth-order valence-electron chi connectivity index (χ4n) is 1.96. The van der Waals surface area contributed by atoms with Crippen molar-refractivity contribution < 1.29 is 4.79 Å². The number of carbonyl (C=O) groups is 1. The van der Waals surface area contributed by atoms with Crippen molar-refractivity contribution in [3.63, 3.8) is 0 Å². The second kappa shape index (κ2) is 6.03. The molecular weight excluding hydrogens is 226 g/mol. The zero-order valence-corrected chi connectivity index (χ0v) is 10.2. The number of nitrogens with zero attached hydrogens (tertiary/aromatic N) is 1. The number of carbonyl (C=O) groups excluding carboxylic acids is 1. The molecule has 0 bridgehead atoms. The molecule has 1 aromatic heterocycles. The number of aromatic nitrogens is 1. The third-order valence-corrected chi connectivity index (χ3v) is 2.95. The number of nitrogens with one attached hydrogen (secondary N) is 2. The summed E-state index contributed by atoms with van der Waals surface area (Å²) in [6.07, 6.45) is 2.92. The highest BCUT2D eigenvalue weighted by Gasteiger charge is 2.21. The number of likely N-dealkylation sites (N-methyl/N-ethyl adjacent to an activating group) is 1. The van der Waals surface area contributed by atoms with E-state index in [9.17, 15) is 4.79 Å². The molecule has 90 valence electrons. The first-order chi connectivity index (χ1) is 7.27. The minimum atomic E-state index is 0. The van der Waals surface area contributed by atoms with Crippen LogP contribution in [0.2, 0.25) is 0 Å². The summed E-state index contributed by atoms with van der Waals surface area (Å²) in [5.74, 6) is 0.161. The molecule has 0 aliphatic carbocycles. The Labute approximate surface area is 102 Å². The van der Waals surface area contributed by atoms with Crippen molar-refractivity contribution in [2.24, 2.45) is 0 Å². The van der Waals surface area contributed by atoms with Crippen molar-refractivity contribution in [1.82, 2.24) is 15.2 Å². The van der Waals surface area contributed by atoms with Crippen molar-refractivity contribution in [1.29, 1.82) is 0 Å². The fraction of sp³-hybridized carbons (Fsp3) is 0.545. The SMILES string of the molecule is CN(CC(=O)c1ccc[nH]1)C1CCNC1.Cl. The zero-order valence-electron chi connectivity index (χ0n) is 9.40. The van der Waals surface area contributed by atoms with Crippen molar-refractivity contribution in [2.45, 2.75) is 12.5 Å². The Morgan fingerprint density at radius 2 is 2.44 bits per heavy atom. The Morgan fingerprint density at radius 1 is 1.62 bits per heavy atom. The second-order valence-electron chi connectivity index (χ2n) is 4.07. The monoisotopic (exact) mass is 243 g/mol. The van der Waals surface area contributed by atoms with Gasteiger partial charge in [-0.2, -0.15) is 0 Å². The third kappa shape index (κ3) is 3.07. The minimum Gasteiger partial charge on any atom is -0.359 e. The van der Waals surface area contributed by atoms with Crippen LogP contribution >= 0.6 is 12.4 Å². The molecule has 1 unspecified atom stereocenters. The summed E-state index contributed by atoms with van der Waals surface area (Å²) in [6, 6.07) is 4.18. The number of hydrogen-bond donors (Lipinski definition) is 2. The standard InChI is InChI=1S/C11H17N3O.ClH/c1-14(9-4-6-12-7-9)8-11(15)10-3-2-5-13-10;/h2-3,5,9,12-13H,4,6-8H2,1H3;1H. The smallest absolute Gasteiger partial charge is 0.192 e. The van der Waals surface area contributed by atoms with Crippen LogP contribution in [0.15, 0.2) is 18.3 Å². The Balaban J connectivity index is 0.00000128. The molecule has 2 heterocycles. The Bertz CT molecular complexity index is 320. The summed E-state index contributed by atoms with van der Waals surface area (Å²) in [5, 5.41) is 3.30. The van der Waals surface area contributed by atoms with E-state index in [1.54, 1.807) is 6.20 Å². The maximum atomic E-state index is 11.8. The molecule has 1 fully saturated rings. The number of ketones is 1. The largest absolute Gasteiger partial charge is 0.359 e. The van der Waals surface area contributed by atoms with Gasteiger partial charge in [-0.3, -0.25) is 9.69 Å².